The number of allylic oxidation sites excluding steroid dienone is 1. The Morgan fingerprint density at radius 2 is 2.00 bits per heavy atom. The molecule has 0 aliphatic heterocycles. The molecule has 2 heteroatoms. The Balaban J connectivity index is 4.10. The Kier molecular flexibility index (Phi) is 8.73. The lowest BCUT2D eigenvalue weighted by atomic mass is 9.99. The van der Waals surface area contributed by atoms with Crippen molar-refractivity contribution in [2.24, 2.45) is 0 Å². The summed E-state index contributed by atoms with van der Waals surface area (Å²) >= 11 is 0. The van der Waals surface area contributed by atoms with Crippen molar-refractivity contribution in [3.05, 3.63) is 12.2 Å². The maximum Gasteiger partial charge on any atom is 0.0727 e. The first-order valence-electron chi connectivity index (χ1n) is 6.08. The number of hydrogen-bond acceptors (Lipinski definition) is 2. The molecule has 90 valence electrons. The van der Waals surface area contributed by atoms with Crippen molar-refractivity contribution in [2.45, 2.75) is 58.6 Å². The standard InChI is InChI=1S/C13H27NO/c1-6-8-13(15-7-2)12(14-5)10-9-11(3)4/h12-14H,3,6-10H2,1-2,4-5H3. The molecule has 0 fully saturated rings. The third kappa shape index (κ3) is 6.69. The average molecular weight is 213 g/mol. The predicted molar refractivity (Wildman–Crippen MR) is 67.2 cm³/mol. The zero-order valence-corrected chi connectivity index (χ0v) is 10.8. The first-order valence-corrected chi connectivity index (χ1v) is 6.08. The van der Waals surface area contributed by atoms with Gasteiger partial charge in [-0.1, -0.05) is 18.9 Å². The van der Waals surface area contributed by atoms with Gasteiger partial charge in [-0.25, -0.2) is 0 Å². The molecular formula is C13H27NO. The Morgan fingerprint density at radius 3 is 2.40 bits per heavy atom. The van der Waals surface area contributed by atoms with Crippen LogP contribution in [0, 0.1) is 0 Å². The van der Waals surface area contributed by atoms with Gasteiger partial charge >= 0.3 is 0 Å². The molecule has 0 spiro atoms. The monoisotopic (exact) mass is 213 g/mol. The van der Waals surface area contributed by atoms with Gasteiger partial charge in [0, 0.05) is 12.6 Å². The van der Waals surface area contributed by atoms with Crippen LogP contribution in [0.15, 0.2) is 12.2 Å². The largest absolute Gasteiger partial charge is 0.377 e. The van der Waals surface area contributed by atoms with E-state index in [2.05, 4.69) is 32.7 Å². The third-order valence-electron chi connectivity index (χ3n) is 2.66. The van der Waals surface area contributed by atoms with Gasteiger partial charge in [-0.2, -0.15) is 0 Å². The van der Waals surface area contributed by atoms with E-state index in [1.54, 1.807) is 0 Å². The second-order valence-corrected chi connectivity index (χ2v) is 4.17. The van der Waals surface area contributed by atoms with E-state index < -0.39 is 0 Å². The van der Waals surface area contributed by atoms with Crippen molar-refractivity contribution in [2.75, 3.05) is 13.7 Å². The van der Waals surface area contributed by atoms with Crippen LogP contribution in [0.1, 0.15) is 46.5 Å². The highest BCUT2D eigenvalue weighted by atomic mass is 16.5. The molecule has 0 aromatic carbocycles. The van der Waals surface area contributed by atoms with Gasteiger partial charge < -0.3 is 10.1 Å². The van der Waals surface area contributed by atoms with E-state index >= 15 is 0 Å². The quantitative estimate of drug-likeness (QED) is 0.594. The van der Waals surface area contributed by atoms with E-state index in [9.17, 15) is 0 Å². The van der Waals surface area contributed by atoms with Crippen molar-refractivity contribution >= 4 is 0 Å². The first-order chi connectivity index (χ1) is 7.15. The molecule has 2 unspecified atom stereocenters. The number of hydrogen-bond donors (Lipinski definition) is 1. The van der Waals surface area contributed by atoms with Gasteiger partial charge in [0.05, 0.1) is 6.10 Å². The maximum atomic E-state index is 5.78. The molecule has 0 aromatic heterocycles. The van der Waals surface area contributed by atoms with Crippen molar-refractivity contribution < 1.29 is 4.74 Å². The highest BCUT2D eigenvalue weighted by Crippen LogP contribution is 2.14. The van der Waals surface area contributed by atoms with E-state index in [0.29, 0.717) is 12.1 Å². The van der Waals surface area contributed by atoms with Crippen molar-refractivity contribution in [3.63, 3.8) is 0 Å². The minimum atomic E-state index is 0.351. The van der Waals surface area contributed by atoms with Crippen LogP contribution < -0.4 is 5.32 Å². The fraction of sp³-hybridized carbons (Fsp3) is 0.846. The van der Waals surface area contributed by atoms with Crippen LogP contribution in [-0.2, 0) is 4.74 Å². The van der Waals surface area contributed by atoms with Crippen LogP contribution in [0.5, 0.6) is 0 Å². The van der Waals surface area contributed by atoms with Gasteiger partial charge in [-0.3, -0.25) is 0 Å². The Labute approximate surface area is 95.1 Å². The lowest BCUT2D eigenvalue weighted by molar-refractivity contribution is 0.0280. The molecular weight excluding hydrogens is 186 g/mol. The molecule has 0 aliphatic carbocycles. The number of ether oxygens (including phenoxy) is 1. The molecule has 0 heterocycles. The maximum absolute atomic E-state index is 5.78. The van der Waals surface area contributed by atoms with Gasteiger partial charge in [0.15, 0.2) is 0 Å². The number of nitrogens with one attached hydrogen (secondary N) is 1. The summed E-state index contributed by atoms with van der Waals surface area (Å²) < 4.78 is 5.78. The second kappa shape index (κ2) is 8.93. The Morgan fingerprint density at radius 1 is 1.33 bits per heavy atom. The third-order valence-corrected chi connectivity index (χ3v) is 2.66. The van der Waals surface area contributed by atoms with E-state index in [-0.39, 0.29) is 0 Å². The SMILES string of the molecule is C=C(C)CCC(NC)C(CCC)OCC. The number of rotatable bonds is 9. The normalized spacial score (nSPS) is 14.9. The molecule has 0 radical (unpaired) electrons. The zero-order chi connectivity index (χ0) is 11.7. The van der Waals surface area contributed by atoms with E-state index in [1.807, 2.05) is 7.05 Å². The van der Waals surface area contributed by atoms with E-state index in [4.69, 9.17) is 4.74 Å². The highest BCUT2D eigenvalue weighted by Gasteiger charge is 2.18. The average Bonchev–Trinajstić information content (AvgIpc) is 2.19. The molecule has 0 amide bonds. The smallest absolute Gasteiger partial charge is 0.0727 e. The summed E-state index contributed by atoms with van der Waals surface area (Å²) in [6.07, 6.45) is 4.87. The second-order valence-electron chi connectivity index (χ2n) is 4.17. The molecule has 0 aromatic rings. The summed E-state index contributed by atoms with van der Waals surface area (Å²) in [7, 11) is 2.02. The Hall–Kier alpha value is -0.340. The van der Waals surface area contributed by atoms with Crippen LogP contribution in [0.25, 0.3) is 0 Å². The summed E-state index contributed by atoms with van der Waals surface area (Å²) in [5, 5.41) is 3.36. The molecule has 1 N–H and O–H groups in total. The van der Waals surface area contributed by atoms with Crippen LogP contribution >= 0.6 is 0 Å². The molecule has 0 rings (SSSR count). The fourth-order valence-electron chi connectivity index (χ4n) is 1.82. The lowest BCUT2D eigenvalue weighted by Gasteiger charge is -2.26. The van der Waals surface area contributed by atoms with Gasteiger partial charge in [0.2, 0.25) is 0 Å². The first kappa shape index (κ1) is 14.7. The molecule has 15 heavy (non-hydrogen) atoms. The van der Waals surface area contributed by atoms with Crippen molar-refractivity contribution in [1.29, 1.82) is 0 Å². The summed E-state index contributed by atoms with van der Waals surface area (Å²) in [5.41, 5.74) is 1.25. The molecule has 2 atom stereocenters. The van der Waals surface area contributed by atoms with Crippen molar-refractivity contribution in [3.8, 4) is 0 Å². The van der Waals surface area contributed by atoms with Crippen LogP contribution in [-0.4, -0.2) is 25.8 Å². The molecule has 0 saturated carbocycles. The topological polar surface area (TPSA) is 21.3 Å². The number of likely N-dealkylation sites (N-methyl/N-ethyl adjacent to an activating group) is 1. The molecule has 2 nitrogen and oxygen atoms in total. The summed E-state index contributed by atoms with van der Waals surface area (Å²) in [6, 6.07) is 0.460. The van der Waals surface area contributed by atoms with Gasteiger partial charge in [-0.05, 0) is 40.2 Å². The van der Waals surface area contributed by atoms with Gasteiger partial charge in [0.1, 0.15) is 0 Å². The van der Waals surface area contributed by atoms with Gasteiger partial charge in [0.25, 0.3) is 0 Å². The minimum Gasteiger partial charge on any atom is -0.377 e. The van der Waals surface area contributed by atoms with Crippen molar-refractivity contribution in [1.82, 2.24) is 5.32 Å². The van der Waals surface area contributed by atoms with Gasteiger partial charge in [-0.15, -0.1) is 6.58 Å². The zero-order valence-electron chi connectivity index (χ0n) is 10.8. The molecule has 0 bridgehead atoms. The van der Waals surface area contributed by atoms with Crippen LogP contribution in [0.2, 0.25) is 0 Å². The van der Waals surface area contributed by atoms with Crippen LogP contribution in [0.4, 0.5) is 0 Å². The summed E-state index contributed by atoms with van der Waals surface area (Å²) in [5.74, 6) is 0. The minimum absolute atomic E-state index is 0.351. The molecule has 0 aliphatic rings. The van der Waals surface area contributed by atoms with E-state index in [1.165, 1.54) is 12.0 Å². The lowest BCUT2D eigenvalue weighted by Crippen LogP contribution is -2.39. The molecule has 0 saturated heterocycles. The highest BCUT2D eigenvalue weighted by molar-refractivity contribution is 4.90. The summed E-state index contributed by atoms with van der Waals surface area (Å²) in [6.45, 7) is 11.1. The van der Waals surface area contributed by atoms with Crippen LogP contribution in [0.3, 0.4) is 0 Å². The Bertz CT molecular complexity index is 162. The predicted octanol–water partition coefficient (Wildman–Crippen LogP) is 3.14. The van der Waals surface area contributed by atoms with E-state index in [0.717, 1.165) is 25.9 Å². The fourth-order valence-corrected chi connectivity index (χ4v) is 1.82. The summed E-state index contributed by atoms with van der Waals surface area (Å²) in [4.78, 5) is 0.